The summed E-state index contributed by atoms with van der Waals surface area (Å²) in [4.78, 5) is 11.8. The Labute approximate surface area is 170 Å². The summed E-state index contributed by atoms with van der Waals surface area (Å²) in [6.45, 7) is 2.15. The maximum atomic E-state index is 4.74. The first-order valence-corrected chi connectivity index (χ1v) is 10.5. The van der Waals surface area contributed by atoms with Gasteiger partial charge >= 0.3 is 0 Å². The molecule has 0 spiro atoms. The van der Waals surface area contributed by atoms with Crippen LogP contribution in [0.25, 0.3) is 58.8 Å². The molecule has 0 bridgehead atoms. The second-order valence-electron chi connectivity index (χ2n) is 7.65. The van der Waals surface area contributed by atoms with Crippen LogP contribution >= 0.6 is 11.3 Å². The van der Waals surface area contributed by atoms with Gasteiger partial charge in [-0.2, -0.15) is 0 Å². The molecule has 0 aliphatic rings. The number of nitrogens with zero attached hydrogens (tertiary/aromatic N) is 3. The second kappa shape index (κ2) is 5.31. The molecule has 0 saturated carbocycles. The fourth-order valence-electron chi connectivity index (χ4n) is 4.65. The van der Waals surface area contributed by atoms with Gasteiger partial charge in [0.15, 0.2) is 0 Å². The highest BCUT2D eigenvalue weighted by Crippen LogP contribution is 2.44. The Morgan fingerprint density at radius 1 is 0.828 bits per heavy atom. The van der Waals surface area contributed by atoms with Crippen LogP contribution in [0, 0.1) is 6.92 Å². The zero-order valence-corrected chi connectivity index (χ0v) is 16.5. The fourth-order valence-corrected chi connectivity index (χ4v) is 5.86. The molecule has 2 aromatic carbocycles. The van der Waals surface area contributed by atoms with Gasteiger partial charge in [-0.05, 0) is 36.6 Å². The van der Waals surface area contributed by atoms with Crippen LogP contribution in [0.2, 0.25) is 0 Å². The molecule has 5 heterocycles. The molecular formula is C25H15N3S. The number of fused-ring (bicyclic) bond motifs is 7. The first-order chi connectivity index (χ1) is 14.3. The Kier molecular flexibility index (Phi) is 2.82. The molecule has 0 N–H and O–H groups in total. The fraction of sp³-hybridized carbons (Fsp3) is 0.0400. The molecular weight excluding hydrogens is 374 g/mol. The van der Waals surface area contributed by atoms with E-state index in [9.17, 15) is 0 Å². The highest BCUT2D eigenvalue weighted by Gasteiger charge is 2.20. The summed E-state index contributed by atoms with van der Waals surface area (Å²) in [7, 11) is 0. The summed E-state index contributed by atoms with van der Waals surface area (Å²) in [5, 5.41) is 7.40. The zero-order chi connectivity index (χ0) is 19.1. The number of pyridine rings is 2. The van der Waals surface area contributed by atoms with Crippen LogP contribution in [0.1, 0.15) is 5.56 Å². The van der Waals surface area contributed by atoms with Gasteiger partial charge in [-0.15, -0.1) is 11.3 Å². The summed E-state index contributed by atoms with van der Waals surface area (Å²) in [5.74, 6) is 0. The van der Waals surface area contributed by atoms with Crippen molar-refractivity contribution in [2.24, 2.45) is 0 Å². The molecule has 0 fully saturated rings. The van der Waals surface area contributed by atoms with E-state index in [0.717, 1.165) is 5.69 Å². The van der Waals surface area contributed by atoms with Crippen molar-refractivity contribution < 1.29 is 0 Å². The maximum absolute atomic E-state index is 4.74. The second-order valence-corrected chi connectivity index (χ2v) is 8.68. The molecule has 0 radical (unpaired) electrons. The number of hydrogen-bond acceptors (Lipinski definition) is 3. The lowest BCUT2D eigenvalue weighted by Crippen LogP contribution is -1.82. The lowest BCUT2D eigenvalue weighted by atomic mass is 10.1. The topological polar surface area (TPSA) is 30.2 Å². The van der Waals surface area contributed by atoms with Crippen molar-refractivity contribution in [3.63, 3.8) is 0 Å². The van der Waals surface area contributed by atoms with Crippen LogP contribution in [0.5, 0.6) is 0 Å². The van der Waals surface area contributed by atoms with Gasteiger partial charge < -0.3 is 0 Å². The molecule has 29 heavy (non-hydrogen) atoms. The Hall–Kier alpha value is -3.50. The van der Waals surface area contributed by atoms with Gasteiger partial charge in [-0.3, -0.25) is 14.4 Å². The van der Waals surface area contributed by atoms with Crippen LogP contribution in [0.15, 0.2) is 73.2 Å². The average Bonchev–Trinajstić information content (AvgIpc) is 3.40. The smallest absolute Gasteiger partial charge is 0.109 e. The number of thiophene rings is 1. The summed E-state index contributed by atoms with van der Waals surface area (Å²) in [6, 6.07) is 19.5. The van der Waals surface area contributed by atoms with Crippen molar-refractivity contribution in [3.8, 4) is 10.6 Å². The summed E-state index contributed by atoms with van der Waals surface area (Å²) >= 11 is 1.82. The van der Waals surface area contributed by atoms with Gasteiger partial charge in [0.1, 0.15) is 4.83 Å². The largest absolute Gasteiger partial charge is 0.299 e. The van der Waals surface area contributed by atoms with Gasteiger partial charge in [-0.25, -0.2) is 0 Å². The third kappa shape index (κ3) is 1.91. The van der Waals surface area contributed by atoms with Crippen LogP contribution in [0.4, 0.5) is 0 Å². The molecule has 5 aromatic heterocycles. The van der Waals surface area contributed by atoms with Crippen LogP contribution < -0.4 is 0 Å². The summed E-state index contributed by atoms with van der Waals surface area (Å²) in [5.41, 5.74) is 4.85. The molecule has 3 nitrogen and oxygen atoms in total. The Balaban J connectivity index is 1.65. The van der Waals surface area contributed by atoms with E-state index in [1.165, 1.54) is 58.6 Å². The minimum Gasteiger partial charge on any atom is -0.299 e. The normalized spacial score (nSPS) is 12.3. The standard InChI is InChI=1S/C25H15N3S/c1-14-6-7-21-17(10-14)19-12-26-13-20-18-11-22(29-25(18)28(21)24(19)20)23-16-5-3-2-4-15(16)8-9-27-23/h2-13H,1H3. The lowest BCUT2D eigenvalue weighted by Gasteiger charge is -2.02. The summed E-state index contributed by atoms with van der Waals surface area (Å²) < 4.78 is 2.41. The van der Waals surface area contributed by atoms with E-state index in [-0.39, 0.29) is 0 Å². The van der Waals surface area contributed by atoms with Gasteiger partial charge in [0, 0.05) is 45.5 Å². The number of rotatable bonds is 1. The van der Waals surface area contributed by atoms with E-state index in [1.807, 2.05) is 29.9 Å². The minimum atomic E-state index is 1.05. The molecule has 4 heteroatoms. The van der Waals surface area contributed by atoms with Crippen molar-refractivity contribution in [1.29, 1.82) is 0 Å². The number of aryl methyl sites for hydroxylation is 1. The highest BCUT2D eigenvalue weighted by molar-refractivity contribution is 7.22. The van der Waals surface area contributed by atoms with E-state index in [1.54, 1.807) is 0 Å². The molecule has 0 unspecified atom stereocenters. The maximum Gasteiger partial charge on any atom is 0.109 e. The highest BCUT2D eigenvalue weighted by atomic mass is 32.1. The van der Waals surface area contributed by atoms with E-state index in [0.29, 0.717) is 0 Å². The minimum absolute atomic E-state index is 1.05. The monoisotopic (exact) mass is 389 g/mol. The van der Waals surface area contributed by atoms with Crippen molar-refractivity contribution >= 4 is 59.5 Å². The van der Waals surface area contributed by atoms with Crippen molar-refractivity contribution in [2.45, 2.75) is 6.92 Å². The molecule has 7 aromatic rings. The molecule has 7 rings (SSSR count). The lowest BCUT2D eigenvalue weighted by molar-refractivity contribution is 1.36. The van der Waals surface area contributed by atoms with Gasteiger partial charge in [0.05, 0.1) is 21.6 Å². The quantitative estimate of drug-likeness (QED) is 0.308. The summed E-state index contributed by atoms with van der Waals surface area (Å²) in [6.07, 6.45) is 5.91. The third-order valence-electron chi connectivity index (χ3n) is 5.94. The molecule has 0 aliphatic heterocycles. The van der Waals surface area contributed by atoms with Crippen LogP contribution in [-0.2, 0) is 0 Å². The average molecular weight is 389 g/mol. The van der Waals surface area contributed by atoms with Gasteiger partial charge in [0.2, 0.25) is 0 Å². The first kappa shape index (κ1) is 15.4. The van der Waals surface area contributed by atoms with Gasteiger partial charge in [-0.1, -0.05) is 35.9 Å². The number of aromatic nitrogens is 3. The molecule has 136 valence electrons. The zero-order valence-electron chi connectivity index (χ0n) is 15.7. The van der Waals surface area contributed by atoms with E-state index in [4.69, 9.17) is 4.98 Å². The predicted octanol–water partition coefficient (Wildman–Crippen LogP) is 6.82. The van der Waals surface area contributed by atoms with Crippen molar-refractivity contribution in [2.75, 3.05) is 0 Å². The Morgan fingerprint density at radius 2 is 1.69 bits per heavy atom. The number of hydrogen-bond donors (Lipinski definition) is 0. The third-order valence-corrected chi connectivity index (χ3v) is 7.06. The number of benzene rings is 2. The molecule has 0 amide bonds. The SMILES string of the molecule is Cc1ccc2c(c1)c1cncc3c4cc(-c5nccc6ccccc56)sc4n2c13. The first-order valence-electron chi connectivity index (χ1n) is 9.67. The van der Waals surface area contributed by atoms with Crippen LogP contribution in [0.3, 0.4) is 0 Å². The van der Waals surface area contributed by atoms with Crippen LogP contribution in [-0.4, -0.2) is 14.4 Å². The van der Waals surface area contributed by atoms with E-state index >= 15 is 0 Å². The predicted molar refractivity (Wildman–Crippen MR) is 122 cm³/mol. The van der Waals surface area contributed by atoms with Crippen molar-refractivity contribution in [1.82, 2.24) is 14.4 Å². The molecule has 0 aliphatic carbocycles. The van der Waals surface area contributed by atoms with E-state index < -0.39 is 0 Å². The Morgan fingerprint density at radius 3 is 2.62 bits per heavy atom. The van der Waals surface area contributed by atoms with Gasteiger partial charge in [0.25, 0.3) is 0 Å². The Bertz CT molecular complexity index is 1720. The molecule has 0 saturated heterocycles. The molecule has 0 atom stereocenters. The van der Waals surface area contributed by atoms with Crippen molar-refractivity contribution in [3.05, 3.63) is 78.8 Å². The van der Waals surface area contributed by atoms with E-state index in [2.05, 4.69) is 70.9 Å².